The number of amides is 2. The molecule has 1 heterocycles. The maximum Gasteiger partial charge on any atom is 0.282 e. The molecule has 0 radical (unpaired) electrons. The molecule has 0 aliphatic carbocycles. The van der Waals surface area contributed by atoms with Gasteiger partial charge in [-0.25, -0.2) is 4.90 Å². The van der Waals surface area contributed by atoms with E-state index in [1.807, 2.05) is 36.4 Å². The van der Waals surface area contributed by atoms with Crippen LogP contribution < -0.4 is 19.7 Å². The van der Waals surface area contributed by atoms with Crippen molar-refractivity contribution in [3.8, 4) is 11.5 Å². The number of nitrogens with one attached hydrogen (secondary N) is 1. The lowest BCUT2D eigenvalue weighted by atomic mass is 10.0. The van der Waals surface area contributed by atoms with E-state index in [0.717, 1.165) is 4.90 Å². The van der Waals surface area contributed by atoms with Gasteiger partial charge in [0.2, 0.25) is 0 Å². The van der Waals surface area contributed by atoms with Gasteiger partial charge in [-0.15, -0.1) is 0 Å². The van der Waals surface area contributed by atoms with Gasteiger partial charge in [-0.1, -0.05) is 56.3 Å². The van der Waals surface area contributed by atoms with Crippen LogP contribution in [-0.4, -0.2) is 26.0 Å². The topological polar surface area (TPSA) is 67.9 Å². The van der Waals surface area contributed by atoms with Gasteiger partial charge in [0.05, 0.1) is 25.5 Å². The van der Waals surface area contributed by atoms with Crippen LogP contribution in [0.25, 0.3) is 5.57 Å². The number of carbonyl (C=O) groups is 2. The zero-order valence-corrected chi connectivity index (χ0v) is 19.1. The summed E-state index contributed by atoms with van der Waals surface area (Å²) in [5, 5.41) is 3.20. The largest absolute Gasteiger partial charge is 0.496 e. The predicted molar refractivity (Wildman–Crippen MR) is 130 cm³/mol. The predicted octanol–water partition coefficient (Wildman–Crippen LogP) is 5.22. The standard InChI is InChI=1S/C27H26N2O4/c1-17(2)18-13-15-19(16-14-18)28-25-24(20-9-5-7-11-22(20)32-3)26(30)29(27(25)31)21-10-6-8-12-23(21)33-4/h5-17,28H,1-4H3. The fourth-order valence-electron chi connectivity index (χ4n) is 3.88. The van der Waals surface area contributed by atoms with Crippen molar-refractivity contribution in [2.75, 3.05) is 24.4 Å². The monoisotopic (exact) mass is 442 g/mol. The summed E-state index contributed by atoms with van der Waals surface area (Å²) in [5.41, 5.74) is 3.25. The molecule has 0 atom stereocenters. The van der Waals surface area contributed by atoms with Crippen molar-refractivity contribution < 1.29 is 19.1 Å². The van der Waals surface area contributed by atoms with Crippen LogP contribution in [0.4, 0.5) is 11.4 Å². The van der Waals surface area contributed by atoms with Crippen molar-refractivity contribution in [2.45, 2.75) is 19.8 Å². The first-order chi connectivity index (χ1) is 16.0. The van der Waals surface area contributed by atoms with E-state index in [9.17, 15) is 9.59 Å². The lowest BCUT2D eigenvalue weighted by molar-refractivity contribution is -0.120. The highest BCUT2D eigenvalue weighted by molar-refractivity contribution is 6.46. The second-order valence-electron chi connectivity index (χ2n) is 7.97. The van der Waals surface area contributed by atoms with Gasteiger partial charge in [-0.05, 0) is 41.8 Å². The smallest absolute Gasteiger partial charge is 0.282 e. The number of anilines is 2. The Morgan fingerprint density at radius 1 is 0.758 bits per heavy atom. The van der Waals surface area contributed by atoms with E-state index < -0.39 is 11.8 Å². The lowest BCUT2D eigenvalue weighted by Gasteiger charge is -2.18. The first-order valence-corrected chi connectivity index (χ1v) is 10.7. The lowest BCUT2D eigenvalue weighted by Crippen LogP contribution is -2.32. The van der Waals surface area contributed by atoms with Crippen LogP contribution in [0, 0.1) is 0 Å². The molecule has 168 valence electrons. The van der Waals surface area contributed by atoms with E-state index in [2.05, 4.69) is 19.2 Å². The fraction of sp³-hybridized carbons (Fsp3) is 0.185. The Kier molecular flexibility index (Phi) is 6.18. The highest BCUT2D eigenvalue weighted by Crippen LogP contribution is 2.40. The molecule has 3 aromatic rings. The van der Waals surface area contributed by atoms with E-state index in [0.29, 0.717) is 34.4 Å². The van der Waals surface area contributed by atoms with Gasteiger partial charge in [0.25, 0.3) is 11.8 Å². The van der Waals surface area contributed by atoms with Gasteiger partial charge in [-0.2, -0.15) is 0 Å². The Bertz CT molecular complexity index is 1230. The number of methoxy groups -OCH3 is 2. The number of nitrogens with zero attached hydrogens (tertiary/aromatic N) is 1. The molecule has 3 aromatic carbocycles. The van der Waals surface area contributed by atoms with Gasteiger partial charge in [-0.3, -0.25) is 9.59 Å². The third kappa shape index (κ3) is 4.07. The number of benzene rings is 3. The number of ether oxygens (including phenoxy) is 2. The van der Waals surface area contributed by atoms with Crippen molar-refractivity contribution in [2.24, 2.45) is 0 Å². The zero-order chi connectivity index (χ0) is 23.5. The molecule has 2 amide bonds. The third-order valence-electron chi connectivity index (χ3n) is 5.63. The summed E-state index contributed by atoms with van der Waals surface area (Å²) in [4.78, 5) is 28.5. The molecule has 0 saturated carbocycles. The molecule has 0 saturated heterocycles. The van der Waals surface area contributed by atoms with Gasteiger partial charge in [0.1, 0.15) is 17.2 Å². The highest BCUT2D eigenvalue weighted by atomic mass is 16.5. The molecular formula is C27H26N2O4. The number of rotatable bonds is 7. The second-order valence-corrected chi connectivity index (χ2v) is 7.97. The molecular weight excluding hydrogens is 416 g/mol. The number of para-hydroxylation sites is 3. The molecule has 6 nitrogen and oxygen atoms in total. The maximum atomic E-state index is 13.7. The molecule has 1 aliphatic heterocycles. The summed E-state index contributed by atoms with van der Waals surface area (Å²) in [7, 11) is 3.05. The Hall–Kier alpha value is -4.06. The van der Waals surface area contributed by atoms with E-state index >= 15 is 0 Å². The molecule has 6 heteroatoms. The minimum Gasteiger partial charge on any atom is -0.496 e. The second kappa shape index (κ2) is 9.20. The van der Waals surface area contributed by atoms with Crippen LogP contribution in [0.2, 0.25) is 0 Å². The van der Waals surface area contributed by atoms with Crippen LogP contribution in [0.3, 0.4) is 0 Å². The van der Waals surface area contributed by atoms with E-state index in [1.165, 1.54) is 19.8 Å². The van der Waals surface area contributed by atoms with E-state index in [4.69, 9.17) is 9.47 Å². The summed E-state index contributed by atoms with van der Waals surface area (Å²) in [5.74, 6) is 0.415. The maximum absolute atomic E-state index is 13.7. The molecule has 33 heavy (non-hydrogen) atoms. The Labute approximate surface area is 193 Å². The first-order valence-electron chi connectivity index (χ1n) is 10.7. The minimum absolute atomic E-state index is 0.188. The average Bonchev–Trinajstić information content (AvgIpc) is 3.08. The van der Waals surface area contributed by atoms with Gasteiger partial charge < -0.3 is 14.8 Å². The molecule has 0 unspecified atom stereocenters. The molecule has 4 rings (SSSR count). The molecule has 0 aromatic heterocycles. The SMILES string of the molecule is COc1ccccc1C1=C(Nc2ccc(C(C)C)cc2)C(=O)N(c2ccccc2OC)C1=O. The van der Waals surface area contributed by atoms with Gasteiger partial charge >= 0.3 is 0 Å². The van der Waals surface area contributed by atoms with Crippen LogP contribution in [0.5, 0.6) is 11.5 Å². The highest BCUT2D eigenvalue weighted by Gasteiger charge is 2.42. The molecule has 1 aliphatic rings. The van der Waals surface area contributed by atoms with Crippen LogP contribution in [-0.2, 0) is 9.59 Å². The summed E-state index contributed by atoms with van der Waals surface area (Å²) in [6, 6.07) is 22.0. The van der Waals surface area contributed by atoms with Crippen molar-refractivity contribution >= 4 is 28.8 Å². The van der Waals surface area contributed by atoms with Crippen LogP contribution in [0.15, 0.2) is 78.5 Å². The molecule has 0 bridgehead atoms. The molecule has 0 fully saturated rings. The van der Waals surface area contributed by atoms with Crippen molar-refractivity contribution in [1.29, 1.82) is 0 Å². The Balaban J connectivity index is 1.84. The Morgan fingerprint density at radius 2 is 1.36 bits per heavy atom. The van der Waals surface area contributed by atoms with E-state index in [1.54, 1.807) is 36.4 Å². The van der Waals surface area contributed by atoms with Crippen molar-refractivity contribution in [1.82, 2.24) is 0 Å². The van der Waals surface area contributed by atoms with Crippen molar-refractivity contribution in [3.63, 3.8) is 0 Å². The quantitative estimate of drug-likeness (QED) is 0.508. The molecule has 0 spiro atoms. The number of imide groups is 1. The number of hydrogen-bond donors (Lipinski definition) is 1. The van der Waals surface area contributed by atoms with Gasteiger partial charge in [0.15, 0.2) is 0 Å². The first kappa shape index (κ1) is 22.1. The third-order valence-corrected chi connectivity index (χ3v) is 5.63. The summed E-state index contributed by atoms with van der Waals surface area (Å²) in [6.07, 6.45) is 0. The van der Waals surface area contributed by atoms with Crippen LogP contribution >= 0.6 is 0 Å². The number of hydrogen-bond acceptors (Lipinski definition) is 5. The van der Waals surface area contributed by atoms with Crippen LogP contribution in [0.1, 0.15) is 30.9 Å². The zero-order valence-electron chi connectivity index (χ0n) is 19.1. The van der Waals surface area contributed by atoms with Gasteiger partial charge in [0, 0.05) is 11.3 Å². The summed E-state index contributed by atoms with van der Waals surface area (Å²) in [6.45, 7) is 4.24. The fourth-order valence-corrected chi connectivity index (χ4v) is 3.88. The van der Waals surface area contributed by atoms with E-state index in [-0.39, 0.29) is 11.3 Å². The average molecular weight is 443 g/mol. The normalized spacial score (nSPS) is 13.7. The summed E-state index contributed by atoms with van der Waals surface area (Å²) < 4.78 is 10.9. The summed E-state index contributed by atoms with van der Waals surface area (Å²) >= 11 is 0. The Morgan fingerprint density at radius 3 is 2.00 bits per heavy atom. The number of carbonyl (C=O) groups excluding carboxylic acids is 2. The minimum atomic E-state index is -0.460. The van der Waals surface area contributed by atoms with Crippen molar-refractivity contribution in [3.05, 3.63) is 89.6 Å². The molecule has 1 N–H and O–H groups in total.